The third kappa shape index (κ3) is 5.35. The molecule has 4 nitrogen and oxygen atoms in total. The van der Waals surface area contributed by atoms with Crippen molar-refractivity contribution in [2.45, 2.75) is 25.9 Å². The van der Waals surface area contributed by atoms with E-state index in [-0.39, 0.29) is 22.3 Å². The molecule has 134 valence electrons. The van der Waals surface area contributed by atoms with Crippen LogP contribution in [-0.2, 0) is 6.18 Å². The number of aromatic nitrogens is 1. The number of alkyl halides is 3. The quantitative estimate of drug-likeness (QED) is 0.700. The van der Waals surface area contributed by atoms with Crippen molar-refractivity contribution in [3.63, 3.8) is 0 Å². The number of nitrogens with zero attached hydrogens (tertiary/aromatic N) is 1. The van der Waals surface area contributed by atoms with Crippen LogP contribution in [-0.4, -0.2) is 17.4 Å². The first kappa shape index (κ1) is 19.1. The highest BCUT2D eigenvalue weighted by molar-refractivity contribution is 6.33. The van der Waals surface area contributed by atoms with Crippen molar-refractivity contribution in [1.29, 1.82) is 0 Å². The van der Waals surface area contributed by atoms with Gasteiger partial charge in [0, 0.05) is 18.4 Å². The molecule has 25 heavy (non-hydrogen) atoms. The predicted octanol–water partition coefficient (Wildman–Crippen LogP) is 5.03. The minimum Gasteiger partial charge on any atom is -0.354 e. The van der Waals surface area contributed by atoms with Gasteiger partial charge < -0.3 is 10.6 Å². The van der Waals surface area contributed by atoms with Crippen LogP contribution < -0.4 is 10.6 Å². The van der Waals surface area contributed by atoms with Crippen molar-refractivity contribution in [3.05, 3.63) is 52.8 Å². The first-order valence-electron chi connectivity index (χ1n) is 7.69. The van der Waals surface area contributed by atoms with Gasteiger partial charge in [-0.2, -0.15) is 13.2 Å². The zero-order valence-electron chi connectivity index (χ0n) is 13.5. The number of hydrogen-bond donors (Lipinski definition) is 2. The molecule has 1 amide bonds. The molecule has 0 radical (unpaired) electrons. The fourth-order valence-electron chi connectivity index (χ4n) is 2.05. The molecule has 2 N–H and O–H groups in total. The van der Waals surface area contributed by atoms with Gasteiger partial charge in [-0.3, -0.25) is 9.78 Å². The van der Waals surface area contributed by atoms with Gasteiger partial charge in [-0.25, -0.2) is 0 Å². The average Bonchev–Trinajstić information content (AvgIpc) is 2.56. The maximum Gasteiger partial charge on any atom is 0.416 e. The first-order valence-corrected chi connectivity index (χ1v) is 8.07. The van der Waals surface area contributed by atoms with E-state index in [1.54, 1.807) is 6.07 Å². The Kier molecular flexibility index (Phi) is 6.25. The molecular weight excluding hydrogens is 355 g/mol. The van der Waals surface area contributed by atoms with E-state index in [0.29, 0.717) is 12.2 Å². The molecule has 0 unspecified atom stereocenters. The van der Waals surface area contributed by atoms with Gasteiger partial charge in [-0.15, -0.1) is 0 Å². The topological polar surface area (TPSA) is 54.0 Å². The maximum absolute atomic E-state index is 12.8. The second kappa shape index (κ2) is 8.20. The van der Waals surface area contributed by atoms with E-state index >= 15 is 0 Å². The number of rotatable bonds is 6. The lowest BCUT2D eigenvalue weighted by atomic mass is 10.2. The number of halogens is 4. The number of unbranched alkanes of at least 4 members (excludes halogenated alkanes) is 1. The van der Waals surface area contributed by atoms with Crippen molar-refractivity contribution in [2.24, 2.45) is 0 Å². The molecule has 2 rings (SSSR count). The van der Waals surface area contributed by atoms with Gasteiger partial charge in [-0.1, -0.05) is 24.9 Å². The van der Waals surface area contributed by atoms with Crippen LogP contribution >= 0.6 is 11.6 Å². The summed E-state index contributed by atoms with van der Waals surface area (Å²) < 4.78 is 38.5. The molecule has 0 fully saturated rings. The molecule has 8 heteroatoms. The lowest BCUT2D eigenvalue weighted by Gasteiger charge is -2.13. The van der Waals surface area contributed by atoms with E-state index in [4.69, 9.17) is 11.6 Å². The highest BCUT2D eigenvalue weighted by Crippen LogP contribution is 2.34. The highest BCUT2D eigenvalue weighted by Gasteiger charge is 2.31. The lowest BCUT2D eigenvalue weighted by molar-refractivity contribution is -0.137. The standard InChI is InChI=1S/C17H17ClF3N3O/c1-2-3-7-23-16(25)15-10-12(6-8-22-15)24-14-9-11(17(19,20)21)4-5-13(14)18/h4-6,8-10H,2-3,7H2,1H3,(H,22,24)(H,23,25). The average molecular weight is 372 g/mol. The first-order chi connectivity index (χ1) is 11.8. The Morgan fingerprint density at radius 3 is 2.68 bits per heavy atom. The molecule has 0 aliphatic heterocycles. The number of benzene rings is 1. The Labute approximate surface area is 148 Å². The number of hydrogen-bond acceptors (Lipinski definition) is 3. The summed E-state index contributed by atoms with van der Waals surface area (Å²) in [5, 5.41) is 5.66. The van der Waals surface area contributed by atoms with E-state index in [2.05, 4.69) is 15.6 Å². The summed E-state index contributed by atoms with van der Waals surface area (Å²) in [6.07, 6.45) is -1.27. The summed E-state index contributed by atoms with van der Waals surface area (Å²) in [6, 6.07) is 6.00. The van der Waals surface area contributed by atoms with Crippen LogP contribution in [0.15, 0.2) is 36.5 Å². The number of anilines is 2. The summed E-state index contributed by atoms with van der Waals surface area (Å²) >= 11 is 5.96. The van der Waals surface area contributed by atoms with Crippen LogP contribution in [0.2, 0.25) is 5.02 Å². The SMILES string of the molecule is CCCCNC(=O)c1cc(Nc2cc(C(F)(F)F)ccc2Cl)ccn1. The van der Waals surface area contributed by atoms with Gasteiger partial charge in [0.15, 0.2) is 0 Å². The zero-order valence-corrected chi connectivity index (χ0v) is 14.2. The fraction of sp³-hybridized carbons (Fsp3) is 0.294. The Bertz CT molecular complexity index is 750. The van der Waals surface area contributed by atoms with Crippen LogP contribution in [0.3, 0.4) is 0 Å². The Morgan fingerprint density at radius 2 is 2.00 bits per heavy atom. The third-order valence-corrected chi connectivity index (χ3v) is 3.71. The summed E-state index contributed by atoms with van der Waals surface area (Å²) in [4.78, 5) is 16.0. The molecule has 0 aliphatic carbocycles. The van der Waals surface area contributed by atoms with Crippen LogP contribution in [0, 0.1) is 0 Å². The highest BCUT2D eigenvalue weighted by atomic mass is 35.5. The Morgan fingerprint density at radius 1 is 1.24 bits per heavy atom. The summed E-state index contributed by atoms with van der Waals surface area (Å²) in [5.74, 6) is -0.341. The van der Waals surface area contributed by atoms with Crippen LogP contribution in [0.4, 0.5) is 24.5 Å². The molecule has 1 aromatic carbocycles. The smallest absolute Gasteiger partial charge is 0.354 e. The van der Waals surface area contributed by atoms with E-state index in [1.165, 1.54) is 18.3 Å². The molecular formula is C17H17ClF3N3O. The zero-order chi connectivity index (χ0) is 18.4. The van der Waals surface area contributed by atoms with Crippen molar-refractivity contribution >= 4 is 28.9 Å². The molecule has 0 atom stereocenters. The van der Waals surface area contributed by atoms with Gasteiger partial charge in [0.25, 0.3) is 5.91 Å². The van der Waals surface area contributed by atoms with Gasteiger partial charge in [-0.05, 0) is 36.8 Å². The number of pyridine rings is 1. The molecule has 0 bridgehead atoms. The Hall–Kier alpha value is -2.28. The second-order valence-electron chi connectivity index (χ2n) is 5.36. The molecule has 0 saturated heterocycles. The molecule has 2 aromatic rings. The minimum absolute atomic E-state index is 0.0973. The van der Waals surface area contributed by atoms with Crippen LogP contribution in [0.5, 0.6) is 0 Å². The fourth-order valence-corrected chi connectivity index (χ4v) is 2.22. The predicted molar refractivity (Wildman–Crippen MR) is 91.2 cm³/mol. The normalized spacial score (nSPS) is 11.2. The molecule has 0 spiro atoms. The largest absolute Gasteiger partial charge is 0.416 e. The second-order valence-corrected chi connectivity index (χ2v) is 5.76. The molecule has 0 aliphatic rings. The number of carbonyl (C=O) groups excluding carboxylic acids is 1. The lowest BCUT2D eigenvalue weighted by Crippen LogP contribution is -2.25. The summed E-state index contributed by atoms with van der Waals surface area (Å²) in [6.45, 7) is 2.54. The van der Waals surface area contributed by atoms with Gasteiger partial charge in [0.05, 0.1) is 16.3 Å². The number of amides is 1. The third-order valence-electron chi connectivity index (χ3n) is 3.38. The van der Waals surface area contributed by atoms with Crippen molar-refractivity contribution < 1.29 is 18.0 Å². The van der Waals surface area contributed by atoms with E-state index in [1.807, 2.05) is 6.92 Å². The van der Waals surface area contributed by atoms with E-state index in [9.17, 15) is 18.0 Å². The molecule has 0 saturated carbocycles. The van der Waals surface area contributed by atoms with Crippen molar-refractivity contribution in [1.82, 2.24) is 10.3 Å². The number of carbonyl (C=O) groups is 1. The monoisotopic (exact) mass is 371 g/mol. The van der Waals surface area contributed by atoms with E-state index in [0.717, 1.165) is 25.0 Å². The summed E-state index contributed by atoms with van der Waals surface area (Å²) in [7, 11) is 0. The molecule has 1 heterocycles. The van der Waals surface area contributed by atoms with Gasteiger partial charge in [0.2, 0.25) is 0 Å². The summed E-state index contributed by atoms with van der Waals surface area (Å²) in [5.41, 5.74) is -0.132. The van der Waals surface area contributed by atoms with Gasteiger partial charge in [0.1, 0.15) is 5.69 Å². The minimum atomic E-state index is -4.47. The van der Waals surface area contributed by atoms with Crippen molar-refractivity contribution in [2.75, 3.05) is 11.9 Å². The van der Waals surface area contributed by atoms with Crippen molar-refractivity contribution in [3.8, 4) is 0 Å². The van der Waals surface area contributed by atoms with Gasteiger partial charge >= 0.3 is 6.18 Å². The van der Waals surface area contributed by atoms with E-state index < -0.39 is 11.7 Å². The number of nitrogens with one attached hydrogen (secondary N) is 2. The van der Waals surface area contributed by atoms with Crippen LogP contribution in [0.1, 0.15) is 35.8 Å². The maximum atomic E-state index is 12.8. The van der Waals surface area contributed by atoms with Crippen LogP contribution in [0.25, 0.3) is 0 Å². The Balaban J connectivity index is 2.18. The molecule has 1 aromatic heterocycles.